The SMILES string of the molecule is CCN1CCN(c2nc(-c3cccc(OCCO)c3)cc3ccsc23)CC1.Cl.Cl. The van der Waals surface area contributed by atoms with Crippen LogP contribution in [-0.2, 0) is 0 Å². The van der Waals surface area contributed by atoms with Crippen LogP contribution in [0, 0.1) is 0 Å². The lowest BCUT2D eigenvalue weighted by Gasteiger charge is -2.35. The number of ether oxygens (including phenoxy) is 1. The number of thiophene rings is 1. The number of anilines is 1. The highest BCUT2D eigenvalue weighted by Gasteiger charge is 2.20. The van der Waals surface area contributed by atoms with Gasteiger partial charge < -0.3 is 19.6 Å². The summed E-state index contributed by atoms with van der Waals surface area (Å²) in [6.07, 6.45) is 0. The molecule has 1 saturated heterocycles. The molecule has 3 aromatic rings. The fraction of sp³-hybridized carbons (Fsp3) is 0.381. The van der Waals surface area contributed by atoms with Gasteiger partial charge in [0.15, 0.2) is 0 Å². The largest absolute Gasteiger partial charge is 0.491 e. The second-order valence-corrected chi connectivity index (χ2v) is 7.61. The maximum absolute atomic E-state index is 8.98. The van der Waals surface area contributed by atoms with Crippen molar-refractivity contribution in [2.45, 2.75) is 6.92 Å². The number of pyridine rings is 1. The van der Waals surface area contributed by atoms with Crippen LogP contribution in [-0.4, -0.2) is 60.9 Å². The first-order chi connectivity index (χ1) is 13.3. The van der Waals surface area contributed by atoms with E-state index in [-0.39, 0.29) is 31.4 Å². The number of aliphatic hydroxyl groups is 1. The van der Waals surface area contributed by atoms with Gasteiger partial charge in [-0.1, -0.05) is 19.1 Å². The molecule has 1 N–H and O–H groups in total. The fourth-order valence-electron chi connectivity index (χ4n) is 3.51. The smallest absolute Gasteiger partial charge is 0.147 e. The van der Waals surface area contributed by atoms with Crippen LogP contribution >= 0.6 is 36.2 Å². The normalized spacial score (nSPS) is 14.3. The van der Waals surface area contributed by atoms with Gasteiger partial charge in [-0.3, -0.25) is 0 Å². The molecule has 0 spiro atoms. The lowest BCUT2D eigenvalue weighted by molar-refractivity contribution is 0.201. The first-order valence-electron chi connectivity index (χ1n) is 9.48. The standard InChI is InChI=1S/C21H25N3O2S.2ClH/c1-2-23-7-9-24(10-8-23)21-20-17(6-13-27-20)15-19(22-21)16-4-3-5-18(14-16)26-12-11-25;;/h3-6,13-15,25H,2,7-12H2,1H3;2*1H. The first kappa shape index (κ1) is 23.7. The van der Waals surface area contributed by atoms with Crippen LogP contribution in [0.15, 0.2) is 41.8 Å². The van der Waals surface area contributed by atoms with E-state index in [0.717, 1.165) is 55.5 Å². The molecule has 1 fully saturated rings. The summed E-state index contributed by atoms with van der Waals surface area (Å²) in [5.41, 5.74) is 2.00. The Balaban J connectivity index is 0.00000150. The summed E-state index contributed by atoms with van der Waals surface area (Å²) in [6, 6.07) is 12.3. The van der Waals surface area contributed by atoms with Crippen molar-refractivity contribution in [3.05, 3.63) is 41.8 Å². The number of halogens is 2. The highest BCUT2D eigenvalue weighted by molar-refractivity contribution is 7.17. The molecule has 1 aromatic carbocycles. The molecule has 0 bridgehead atoms. The molecular formula is C21H27Cl2N3O2S. The second kappa shape index (κ2) is 11.0. The van der Waals surface area contributed by atoms with Crippen molar-refractivity contribution in [1.82, 2.24) is 9.88 Å². The van der Waals surface area contributed by atoms with Gasteiger partial charge in [0.2, 0.25) is 0 Å². The van der Waals surface area contributed by atoms with Gasteiger partial charge in [0.25, 0.3) is 0 Å². The number of piperazine rings is 1. The number of aromatic nitrogens is 1. The van der Waals surface area contributed by atoms with E-state index < -0.39 is 0 Å². The summed E-state index contributed by atoms with van der Waals surface area (Å²) < 4.78 is 6.83. The van der Waals surface area contributed by atoms with E-state index in [2.05, 4.69) is 40.3 Å². The Morgan fingerprint density at radius 3 is 2.62 bits per heavy atom. The summed E-state index contributed by atoms with van der Waals surface area (Å²) in [5, 5.41) is 12.4. The number of benzene rings is 1. The van der Waals surface area contributed by atoms with Crippen LogP contribution in [0.2, 0.25) is 0 Å². The zero-order valence-corrected chi connectivity index (χ0v) is 18.9. The minimum absolute atomic E-state index is 0. The molecule has 0 saturated carbocycles. The summed E-state index contributed by atoms with van der Waals surface area (Å²) in [5.74, 6) is 1.85. The van der Waals surface area contributed by atoms with Crippen molar-refractivity contribution in [1.29, 1.82) is 0 Å². The third-order valence-electron chi connectivity index (χ3n) is 5.03. The van der Waals surface area contributed by atoms with Gasteiger partial charge in [-0.2, -0.15) is 0 Å². The topological polar surface area (TPSA) is 48.8 Å². The minimum Gasteiger partial charge on any atom is -0.491 e. The van der Waals surface area contributed by atoms with Gasteiger partial charge in [-0.15, -0.1) is 36.2 Å². The maximum atomic E-state index is 8.98. The number of fused-ring (bicyclic) bond motifs is 1. The highest BCUT2D eigenvalue weighted by Crippen LogP contribution is 2.34. The van der Waals surface area contributed by atoms with Crippen molar-refractivity contribution in [2.24, 2.45) is 0 Å². The summed E-state index contributed by atoms with van der Waals surface area (Å²) in [7, 11) is 0. The quantitative estimate of drug-likeness (QED) is 0.599. The molecule has 4 rings (SSSR count). The molecule has 158 valence electrons. The third kappa shape index (κ3) is 5.32. The van der Waals surface area contributed by atoms with Crippen LogP contribution in [0.1, 0.15) is 6.92 Å². The van der Waals surface area contributed by atoms with Crippen molar-refractivity contribution in [3.63, 3.8) is 0 Å². The molecule has 29 heavy (non-hydrogen) atoms. The van der Waals surface area contributed by atoms with Crippen molar-refractivity contribution in [3.8, 4) is 17.0 Å². The zero-order chi connectivity index (χ0) is 18.6. The molecule has 3 heterocycles. The predicted octanol–water partition coefficient (Wildman–Crippen LogP) is 4.32. The van der Waals surface area contributed by atoms with Crippen LogP contribution in [0.5, 0.6) is 5.75 Å². The van der Waals surface area contributed by atoms with Gasteiger partial charge in [0.05, 0.1) is 17.0 Å². The Morgan fingerprint density at radius 2 is 1.90 bits per heavy atom. The van der Waals surface area contributed by atoms with E-state index in [1.807, 2.05) is 18.2 Å². The maximum Gasteiger partial charge on any atom is 0.147 e. The Bertz CT molecular complexity index is 914. The van der Waals surface area contributed by atoms with E-state index in [9.17, 15) is 0 Å². The number of nitrogens with zero attached hydrogens (tertiary/aromatic N) is 3. The van der Waals surface area contributed by atoms with Crippen LogP contribution in [0.4, 0.5) is 5.82 Å². The lowest BCUT2D eigenvalue weighted by atomic mass is 10.1. The Morgan fingerprint density at radius 1 is 1.10 bits per heavy atom. The van der Waals surface area contributed by atoms with E-state index in [1.54, 1.807) is 11.3 Å². The van der Waals surface area contributed by atoms with E-state index in [0.29, 0.717) is 6.61 Å². The molecule has 0 atom stereocenters. The van der Waals surface area contributed by atoms with Crippen molar-refractivity contribution in [2.75, 3.05) is 50.8 Å². The molecule has 8 heteroatoms. The number of hydrogen-bond donors (Lipinski definition) is 1. The van der Waals surface area contributed by atoms with Gasteiger partial charge in [0, 0.05) is 31.7 Å². The van der Waals surface area contributed by atoms with E-state index >= 15 is 0 Å². The van der Waals surface area contributed by atoms with Gasteiger partial charge in [-0.25, -0.2) is 4.98 Å². The van der Waals surface area contributed by atoms with Crippen LogP contribution in [0.3, 0.4) is 0 Å². The molecule has 0 amide bonds. The molecule has 0 aliphatic carbocycles. The molecule has 1 aliphatic heterocycles. The molecule has 0 unspecified atom stereocenters. The van der Waals surface area contributed by atoms with Crippen molar-refractivity contribution >= 4 is 52.1 Å². The number of likely N-dealkylation sites (N-methyl/N-ethyl adjacent to an activating group) is 1. The predicted molar refractivity (Wildman–Crippen MR) is 126 cm³/mol. The second-order valence-electron chi connectivity index (χ2n) is 6.69. The Hall–Kier alpha value is -1.57. The Labute approximate surface area is 188 Å². The molecule has 1 aliphatic rings. The summed E-state index contributed by atoms with van der Waals surface area (Å²) in [4.78, 5) is 9.95. The number of hydrogen-bond acceptors (Lipinski definition) is 6. The van der Waals surface area contributed by atoms with E-state index in [4.69, 9.17) is 14.8 Å². The molecule has 0 radical (unpaired) electrons. The van der Waals surface area contributed by atoms with Crippen LogP contribution < -0.4 is 9.64 Å². The molecular weight excluding hydrogens is 429 g/mol. The van der Waals surface area contributed by atoms with Crippen molar-refractivity contribution < 1.29 is 9.84 Å². The number of rotatable bonds is 6. The van der Waals surface area contributed by atoms with Gasteiger partial charge in [0.1, 0.15) is 18.2 Å². The summed E-state index contributed by atoms with van der Waals surface area (Å²) >= 11 is 1.76. The average molecular weight is 456 g/mol. The Kier molecular flexibility index (Phi) is 8.99. The monoisotopic (exact) mass is 455 g/mol. The number of aliphatic hydroxyl groups excluding tert-OH is 1. The minimum atomic E-state index is 0. The fourth-order valence-corrected chi connectivity index (χ4v) is 4.40. The lowest BCUT2D eigenvalue weighted by Crippen LogP contribution is -2.46. The van der Waals surface area contributed by atoms with E-state index in [1.165, 1.54) is 10.1 Å². The van der Waals surface area contributed by atoms with Crippen LogP contribution in [0.25, 0.3) is 21.3 Å². The van der Waals surface area contributed by atoms with Gasteiger partial charge >= 0.3 is 0 Å². The zero-order valence-electron chi connectivity index (χ0n) is 16.4. The first-order valence-corrected chi connectivity index (χ1v) is 10.4. The summed E-state index contributed by atoms with van der Waals surface area (Å²) in [6.45, 7) is 7.83. The average Bonchev–Trinajstić information content (AvgIpc) is 3.20. The van der Waals surface area contributed by atoms with Gasteiger partial charge in [-0.05, 0) is 41.6 Å². The molecule has 2 aromatic heterocycles. The molecule has 5 nitrogen and oxygen atoms in total. The highest BCUT2D eigenvalue weighted by atomic mass is 35.5. The third-order valence-corrected chi connectivity index (χ3v) is 5.95.